The number of aromatic nitrogens is 1. The van der Waals surface area contributed by atoms with Gasteiger partial charge in [-0.3, -0.25) is 14.9 Å². The molecule has 2 heterocycles. The van der Waals surface area contributed by atoms with Gasteiger partial charge in [-0.1, -0.05) is 17.4 Å². The number of nitro groups is 1. The molecule has 2 aromatic carbocycles. The van der Waals surface area contributed by atoms with Crippen molar-refractivity contribution in [1.82, 2.24) is 4.57 Å². The quantitative estimate of drug-likeness (QED) is 0.280. The Morgan fingerprint density at radius 2 is 2.03 bits per heavy atom. The molecular formula is C24H26N4O4S. The standard InChI is InChI=1S/C24H26N4O4S/c1-3-12-27-20-11-9-18(32-4-2)16-22(20)33-24(27)25-23(29)17-8-10-19(21(15-17)28(30)31)26-13-6-5-7-14-26/h3,8-11,15-16H,1,4-7,12-14H2,2H3. The van der Waals surface area contributed by atoms with E-state index in [1.807, 2.05) is 34.6 Å². The number of carbonyl (C=O) groups excluding carboxylic acids is 1. The first-order valence-electron chi connectivity index (χ1n) is 11.0. The van der Waals surface area contributed by atoms with E-state index in [0.717, 1.165) is 48.3 Å². The molecule has 0 unspecified atom stereocenters. The van der Waals surface area contributed by atoms with E-state index in [0.29, 0.717) is 23.6 Å². The van der Waals surface area contributed by atoms with E-state index < -0.39 is 10.8 Å². The first-order chi connectivity index (χ1) is 16.0. The number of rotatable bonds is 7. The number of hydrogen-bond donors (Lipinski definition) is 0. The Hall–Kier alpha value is -3.46. The van der Waals surface area contributed by atoms with E-state index in [1.165, 1.54) is 17.4 Å². The number of ether oxygens (including phenoxy) is 1. The fourth-order valence-corrected chi connectivity index (χ4v) is 5.12. The Bertz CT molecular complexity index is 1270. The minimum Gasteiger partial charge on any atom is -0.494 e. The summed E-state index contributed by atoms with van der Waals surface area (Å²) < 4.78 is 8.41. The summed E-state index contributed by atoms with van der Waals surface area (Å²) >= 11 is 1.37. The zero-order valence-electron chi connectivity index (χ0n) is 18.5. The van der Waals surface area contributed by atoms with E-state index in [1.54, 1.807) is 18.2 Å². The number of nitro benzene ring substituents is 1. The van der Waals surface area contributed by atoms with Crippen molar-refractivity contribution in [2.24, 2.45) is 4.99 Å². The average Bonchev–Trinajstić information content (AvgIpc) is 3.15. The molecule has 33 heavy (non-hydrogen) atoms. The van der Waals surface area contributed by atoms with Crippen molar-refractivity contribution in [3.63, 3.8) is 0 Å². The van der Waals surface area contributed by atoms with E-state index >= 15 is 0 Å². The zero-order chi connectivity index (χ0) is 23.4. The lowest BCUT2D eigenvalue weighted by molar-refractivity contribution is -0.384. The Morgan fingerprint density at radius 3 is 2.73 bits per heavy atom. The number of anilines is 1. The van der Waals surface area contributed by atoms with Crippen molar-refractivity contribution in [3.05, 3.63) is 69.5 Å². The van der Waals surface area contributed by atoms with Gasteiger partial charge in [0.25, 0.3) is 11.6 Å². The molecule has 0 N–H and O–H groups in total. The maximum absolute atomic E-state index is 13.0. The lowest BCUT2D eigenvalue weighted by atomic mass is 10.1. The highest BCUT2D eigenvalue weighted by Crippen LogP contribution is 2.31. The van der Waals surface area contributed by atoms with Crippen molar-refractivity contribution in [1.29, 1.82) is 0 Å². The smallest absolute Gasteiger partial charge is 0.293 e. The molecule has 0 spiro atoms. The molecule has 172 valence electrons. The number of amides is 1. The van der Waals surface area contributed by atoms with Gasteiger partial charge in [0.15, 0.2) is 4.80 Å². The highest BCUT2D eigenvalue weighted by atomic mass is 32.1. The molecule has 0 aliphatic carbocycles. The number of thiazole rings is 1. The number of fused-ring (bicyclic) bond motifs is 1. The number of nitrogens with zero attached hydrogens (tertiary/aromatic N) is 4. The van der Waals surface area contributed by atoms with Gasteiger partial charge in [0.05, 0.1) is 21.7 Å². The van der Waals surface area contributed by atoms with Gasteiger partial charge in [-0.15, -0.1) is 6.58 Å². The van der Waals surface area contributed by atoms with E-state index in [-0.39, 0.29) is 11.3 Å². The van der Waals surface area contributed by atoms with Gasteiger partial charge in [0.2, 0.25) is 0 Å². The van der Waals surface area contributed by atoms with Crippen LogP contribution in [0.3, 0.4) is 0 Å². The second-order valence-electron chi connectivity index (χ2n) is 7.77. The molecule has 9 heteroatoms. The van der Waals surface area contributed by atoms with Gasteiger partial charge in [-0.05, 0) is 56.5 Å². The molecule has 1 aromatic heterocycles. The van der Waals surface area contributed by atoms with E-state index in [9.17, 15) is 14.9 Å². The van der Waals surface area contributed by atoms with Gasteiger partial charge >= 0.3 is 0 Å². The van der Waals surface area contributed by atoms with E-state index in [4.69, 9.17) is 4.74 Å². The maximum Gasteiger partial charge on any atom is 0.293 e. The molecule has 3 aromatic rings. The lowest BCUT2D eigenvalue weighted by Crippen LogP contribution is -2.30. The Balaban J connectivity index is 1.74. The van der Waals surface area contributed by atoms with Crippen molar-refractivity contribution in [3.8, 4) is 5.75 Å². The van der Waals surface area contributed by atoms with Crippen LogP contribution in [0.5, 0.6) is 5.75 Å². The van der Waals surface area contributed by atoms with Crippen LogP contribution in [0.4, 0.5) is 11.4 Å². The highest BCUT2D eigenvalue weighted by molar-refractivity contribution is 7.16. The van der Waals surface area contributed by atoms with E-state index in [2.05, 4.69) is 11.6 Å². The summed E-state index contributed by atoms with van der Waals surface area (Å²) in [4.78, 5) is 31.2. The first kappa shape index (κ1) is 22.7. The second-order valence-corrected chi connectivity index (χ2v) is 8.78. The molecule has 1 aliphatic heterocycles. The van der Waals surface area contributed by atoms with Gasteiger partial charge in [-0.25, -0.2) is 0 Å². The van der Waals surface area contributed by atoms with Crippen molar-refractivity contribution >= 4 is 38.8 Å². The molecule has 0 radical (unpaired) electrons. The number of piperidine rings is 1. The third-order valence-corrected chi connectivity index (χ3v) is 6.63. The molecule has 1 fully saturated rings. The number of benzene rings is 2. The lowest BCUT2D eigenvalue weighted by Gasteiger charge is -2.28. The van der Waals surface area contributed by atoms with Crippen LogP contribution >= 0.6 is 11.3 Å². The SMILES string of the molecule is C=CCn1c(=NC(=O)c2ccc(N3CCCCC3)c([N+](=O)[O-])c2)sc2cc(OCC)ccc21. The Morgan fingerprint density at radius 1 is 1.24 bits per heavy atom. The molecule has 0 atom stereocenters. The normalized spacial score (nSPS) is 14.5. The van der Waals surface area contributed by atoms with Gasteiger partial charge < -0.3 is 14.2 Å². The predicted octanol–water partition coefficient (Wildman–Crippen LogP) is 4.93. The third-order valence-electron chi connectivity index (χ3n) is 5.59. The summed E-state index contributed by atoms with van der Waals surface area (Å²) in [6.07, 6.45) is 4.89. The van der Waals surface area contributed by atoms with Crippen LogP contribution < -0.4 is 14.4 Å². The summed E-state index contributed by atoms with van der Waals surface area (Å²) in [5.41, 5.74) is 1.61. The molecule has 0 bridgehead atoms. The molecule has 1 amide bonds. The summed E-state index contributed by atoms with van der Waals surface area (Å²) in [6.45, 7) is 8.34. The van der Waals surface area contributed by atoms with Gasteiger partial charge in [0.1, 0.15) is 11.4 Å². The highest BCUT2D eigenvalue weighted by Gasteiger charge is 2.23. The van der Waals surface area contributed by atoms with Crippen molar-refractivity contribution < 1.29 is 14.5 Å². The Kier molecular flexibility index (Phi) is 6.88. The molecule has 4 rings (SSSR count). The minimum absolute atomic E-state index is 0.0605. The molecule has 0 saturated carbocycles. The monoisotopic (exact) mass is 466 g/mol. The molecule has 8 nitrogen and oxygen atoms in total. The van der Waals surface area contributed by atoms with Crippen LogP contribution in [0, 0.1) is 10.1 Å². The van der Waals surface area contributed by atoms with Gasteiger partial charge in [-0.2, -0.15) is 4.99 Å². The topological polar surface area (TPSA) is 90.0 Å². The van der Waals surface area contributed by atoms with Crippen molar-refractivity contribution in [2.75, 3.05) is 24.6 Å². The van der Waals surface area contributed by atoms with Crippen molar-refractivity contribution in [2.45, 2.75) is 32.7 Å². The Labute approximate surface area is 195 Å². The van der Waals surface area contributed by atoms with Crippen LogP contribution in [0.2, 0.25) is 0 Å². The fourth-order valence-electron chi connectivity index (χ4n) is 4.06. The summed E-state index contributed by atoms with van der Waals surface area (Å²) in [7, 11) is 0. The average molecular weight is 467 g/mol. The van der Waals surface area contributed by atoms with Crippen LogP contribution in [-0.2, 0) is 6.54 Å². The summed E-state index contributed by atoms with van der Waals surface area (Å²) in [5.74, 6) is 0.233. The molecule has 1 saturated heterocycles. The van der Waals surface area contributed by atoms with Gasteiger partial charge in [0, 0.05) is 31.3 Å². The predicted molar refractivity (Wildman–Crippen MR) is 130 cm³/mol. The van der Waals surface area contributed by atoms with Crippen LogP contribution in [0.1, 0.15) is 36.5 Å². The largest absolute Gasteiger partial charge is 0.494 e. The van der Waals surface area contributed by atoms with Crippen LogP contribution in [-0.4, -0.2) is 35.1 Å². The second kappa shape index (κ2) is 9.99. The number of carbonyl (C=O) groups is 1. The van der Waals surface area contributed by atoms with Crippen LogP contribution in [0.25, 0.3) is 10.2 Å². The number of hydrogen-bond acceptors (Lipinski definition) is 6. The maximum atomic E-state index is 13.0. The van der Waals surface area contributed by atoms with Crippen LogP contribution in [0.15, 0.2) is 54.0 Å². The number of allylic oxidation sites excluding steroid dienone is 1. The third kappa shape index (κ3) is 4.83. The first-order valence-corrected chi connectivity index (χ1v) is 11.8. The summed E-state index contributed by atoms with van der Waals surface area (Å²) in [6, 6.07) is 10.4. The summed E-state index contributed by atoms with van der Waals surface area (Å²) in [5, 5.41) is 11.8. The zero-order valence-corrected chi connectivity index (χ0v) is 19.3. The molecular weight excluding hydrogens is 440 g/mol. The molecule has 1 aliphatic rings. The minimum atomic E-state index is -0.516. The fraction of sp³-hybridized carbons (Fsp3) is 0.333.